The Hall–Kier alpha value is -1.63. The average Bonchev–Trinajstić information content (AvgIpc) is 2.69. The van der Waals surface area contributed by atoms with Gasteiger partial charge < -0.3 is 15.8 Å². The van der Waals surface area contributed by atoms with Crippen molar-refractivity contribution in [1.82, 2.24) is 10.3 Å². The van der Waals surface area contributed by atoms with Gasteiger partial charge in [-0.3, -0.25) is 9.59 Å². The zero-order chi connectivity index (χ0) is 12.7. The van der Waals surface area contributed by atoms with E-state index in [0.717, 1.165) is 0 Å². The highest BCUT2D eigenvalue weighted by Gasteiger charge is 2.06. The van der Waals surface area contributed by atoms with Crippen molar-refractivity contribution in [1.29, 1.82) is 0 Å². The van der Waals surface area contributed by atoms with Crippen LogP contribution in [0.2, 0.25) is 0 Å². The van der Waals surface area contributed by atoms with Crippen LogP contribution in [0.4, 0.5) is 5.13 Å². The molecule has 17 heavy (non-hydrogen) atoms. The van der Waals surface area contributed by atoms with Gasteiger partial charge in [-0.2, -0.15) is 0 Å². The molecule has 1 aromatic rings. The van der Waals surface area contributed by atoms with Crippen molar-refractivity contribution in [2.75, 3.05) is 19.4 Å². The third kappa shape index (κ3) is 5.30. The molecule has 0 unspecified atom stereocenters. The first-order chi connectivity index (χ1) is 8.11. The van der Waals surface area contributed by atoms with Gasteiger partial charge in [0.25, 0.3) is 0 Å². The fourth-order valence-corrected chi connectivity index (χ4v) is 1.76. The Balaban J connectivity index is 2.15. The number of ether oxygens (including phenoxy) is 1. The molecule has 0 aliphatic carbocycles. The van der Waals surface area contributed by atoms with Crippen LogP contribution < -0.4 is 11.1 Å². The van der Waals surface area contributed by atoms with Gasteiger partial charge in [0.2, 0.25) is 5.91 Å². The second-order valence-electron chi connectivity index (χ2n) is 3.38. The summed E-state index contributed by atoms with van der Waals surface area (Å²) in [7, 11) is 1.34. The summed E-state index contributed by atoms with van der Waals surface area (Å²) < 4.78 is 4.48. The zero-order valence-electron chi connectivity index (χ0n) is 9.56. The normalized spacial score (nSPS) is 9.94. The molecule has 1 aromatic heterocycles. The average molecular weight is 257 g/mol. The van der Waals surface area contributed by atoms with Crippen LogP contribution in [0.3, 0.4) is 0 Å². The third-order valence-electron chi connectivity index (χ3n) is 2.02. The molecule has 0 aliphatic rings. The van der Waals surface area contributed by atoms with E-state index in [1.54, 1.807) is 5.38 Å². The van der Waals surface area contributed by atoms with Crippen LogP contribution in [0.25, 0.3) is 0 Å². The number of nitrogens with one attached hydrogen (secondary N) is 1. The van der Waals surface area contributed by atoms with Crippen molar-refractivity contribution in [3.63, 3.8) is 0 Å². The van der Waals surface area contributed by atoms with Crippen LogP contribution in [0, 0.1) is 0 Å². The molecule has 1 amide bonds. The van der Waals surface area contributed by atoms with Gasteiger partial charge in [0.1, 0.15) is 0 Å². The van der Waals surface area contributed by atoms with E-state index in [1.165, 1.54) is 18.4 Å². The van der Waals surface area contributed by atoms with E-state index in [0.29, 0.717) is 30.2 Å². The Morgan fingerprint density at radius 1 is 1.59 bits per heavy atom. The lowest BCUT2D eigenvalue weighted by atomic mass is 10.3. The molecule has 0 bridgehead atoms. The Morgan fingerprint density at radius 2 is 2.35 bits per heavy atom. The predicted octanol–water partition coefficient (Wildman–Crippen LogP) is 0.337. The maximum absolute atomic E-state index is 11.4. The predicted molar refractivity (Wildman–Crippen MR) is 64.5 cm³/mol. The van der Waals surface area contributed by atoms with Crippen molar-refractivity contribution in [2.24, 2.45) is 0 Å². The van der Waals surface area contributed by atoms with Crippen LogP contribution in [0.5, 0.6) is 0 Å². The highest BCUT2D eigenvalue weighted by Crippen LogP contribution is 2.11. The number of hydrogen-bond acceptors (Lipinski definition) is 6. The summed E-state index contributed by atoms with van der Waals surface area (Å²) >= 11 is 1.31. The summed E-state index contributed by atoms with van der Waals surface area (Å²) in [4.78, 5) is 26.2. The van der Waals surface area contributed by atoms with Gasteiger partial charge in [0.15, 0.2) is 5.13 Å². The minimum absolute atomic E-state index is 0.125. The molecule has 1 heterocycles. The molecule has 0 aromatic carbocycles. The topological polar surface area (TPSA) is 94.3 Å². The Morgan fingerprint density at radius 3 is 2.94 bits per heavy atom. The van der Waals surface area contributed by atoms with Gasteiger partial charge in [-0.1, -0.05) is 0 Å². The lowest BCUT2D eigenvalue weighted by Gasteiger charge is -2.03. The number of thiazole rings is 1. The fourth-order valence-electron chi connectivity index (χ4n) is 1.19. The summed E-state index contributed by atoms with van der Waals surface area (Å²) in [5.41, 5.74) is 6.11. The van der Waals surface area contributed by atoms with E-state index in [4.69, 9.17) is 5.73 Å². The van der Waals surface area contributed by atoms with Crippen molar-refractivity contribution in [3.05, 3.63) is 11.1 Å². The highest BCUT2D eigenvalue weighted by molar-refractivity contribution is 7.13. The SMILES string of the molecule is COC(=O)CCCNC(=O)Cc1csc(N)n1. The molecule has 3 N–H and O–H groups in total. The standard InChI is InChI=1S/C10H15N3O3S/c1-16-9(15)3-2-4-12-8(14)5-7-6-17-10(11)13-7/h6H,2-5H2,1H3,(H2,11,13)(H,12,14). The lowest BCUT2D eigenvalue weighted by molar-refractivity contribution is -0.140. The number of carbonyl (C=O) groups is 2. The molecule has 0 saturated carbocycles. The number of amides is 1. The van der Waals surface area contributed by atoms with Crippen molar-refractivity contribution in [2.45, 2.75) is 19.3 Å². The molecule has 94 valence electrons. The minimum atomic E-state index is -0.272. The number of nitrogens with zero attached hydrogens (tertiary/aromatic N) is 1. The molecule has 0 atom stereocenters. The second-order valence-corrected chi connectivity index (χ2v) is 4.27. The van der Waals surface area contributed by atoms with E-state index in [-0.39, 0.29) is 18.3 Å². The van der Waals surface area contributed by atoms with Crippen molar-refractivity contribution < 1.29 is 14.3 Å². The number of nitrogen functional groups attached to an aromatic ring is 1. The van der Waals surface area contributed by atoms with E-state index < -0.39 is 0 Å². The molecule has 0 spiro atoms. The number of anilines is 1. The maximum Gasteiger partial charge on any atom is 0.305 e. The van der Waals surface area contributed by atoms with Gasteiger partial charge in [-0.15, -0.1) is 11.3 Å². The van der Waals surface area contributed by atoms with Crippen molar-refractivity contribution in [3.8, 4) is 0 Å². The van der Waals surface area contributed by atoms with E-state index >= 15 is 0 Å². The Kier molecular flexibility index (Phi) is 5.41. The zero-order valence-corrected chi connectivity index (χ0v) is 10.4. The van der Waals surface area contributed by atoms with Gasteiger partial charge in [-0.25, -0.2) is 4.98 Å². The molecular formula is C10H15N3O3S. The molecule has 0 saturated heterocycles. The van der Waals surface area contributed by atoms with Crippen molar-refractivity contribution >= 4 is 28.3 Å². The number of aromatic nitrogens is 1. The summed E-state index contributed by atoms with van der Waals surface area (Å²) in [5.74, 6) is -0.397. The molecule has 7 heteroatoms. The lowest BCUT2D eigenvalue weighted by Crippen LogP contribution is -2.26. The maximum atomic E-state index is 11.4. The summed E-state index contributed by atoms with van der Waals surface area (Å²) in [6.07, 6.45) is 1.09. The summed E-state index contributed by atoms with van der Waals surface area (Å²) in [6, 6.07) is 0. The molecule has 6 nitrogen and oxygen atoms in total. The number of carbonyl (C=O) groups excluding carboxylic acids is 2. The largest absolute Gasteiger partial charge is 0.469 e. The quantitative estimate of drug-likeness (QED) is 0.566. The first-order valence-corrected chi connectivity index (χ1v) is 6.03. The van der Waals surface area contributed by atoms with Gasteiger partial charge in [0.05, 0.1) is 19.2 Å². The Labute approximate surface area is 103 Å². The number of hydrogen-bond donors (Lipinski definition) is 2. The fraction of sp³-hybridized carbons (Fsp3) is 0.500. The molecule has 1 rings (SSSR count). The monoisotopic (exact) mass is 257 g/mol. The Bertz CT molecular complexity index is 392. The van der Waals surface area contributed by atoms with Crippen LogP contribution in [-0.4, -0.2) is 30.5 Å². The van der Waals surface area contributed by atoms with Gasteiger partial charge >= 0.3 is 5.97 Å². The number of rotatable bonds is 6. The number of esters is 1. The summed E-state index contributed by atoms with van der Waals surface area (Å²) in [5, 5.41) is 4.91. The molecule has 0 radical (unpaired) electrons. The second kappa shape index (κ2) is 6.85. The van der Waals surface area contributed by atoms with E-state index in [2.05, 4.69) is 15.0 Å². The first kappa shape index (κ1) is 13.4. The van der Waals surface area contributed by atoms with Crippen LogP contribution in [0.1, 0.15) is 18.5 Å². The van der Waals surface area contributed by atoms with Crippen LogP contribution in [0.15, 0.2) is 5.38 Å². The number of nitrogens with two attached hydrogens (primary N) is 1. The molecular weight excluding hydrogens is 242 g/mol. The molecule has 0 fully saturated rings. The highest BCUT2D eigenvalue weighted by atomic mass is 32.1. The van der Waals surface area contributed by atoms with Gasteiger partial charge in [-0.05, 0) is 6.42 Å². The third-order valence-corrected chi connectivity index (χ3v) is 2.74. The van der Waals surface area contributed by atoms with E-state index in [1.807, 2.05) is 0 Å². The smallest absolute Gasteiger partial charge is 0.305 e. The molecule has 0 aliphatic heterocycles. The van der Waals surface area contributed by atoms with Gasteiger partial charge in [0, 0.05) is 18.3 Å². The summed E-state index contributed by atoms with van der Waals surface area (Å²) in [6.45, 7) is 0.452. The minimum Gasteiger partial charge on any atom is -0.469 e. The van der Waals surface area contributed by atoms with Crippen LogP contribution >= 0.6 is 11.3 Å². The number of methoxy groups -OCH3 is 1. The first-order valence-electron chi connectivity index (χ1n) is 5.15. The van der Waals surface area contributed by atoms with Crippen LogP contribution in [-0.2, 0) is 20.7 Å². The van der Waals surface area contributed by atoms with E-state index in [9.17, 15) is 9.59 Å².